The van der Waals surface area contributed by atoms with Gasteiger partial charge in [-0.1, -0.05) is 0 Å². The van der Waals surface area contributed by atoms with Gasteiger partial charge in [-0.15, -0.1) is 0 Å². The third kappa shape index (κ3) is 3.08. The Labute approximate surface area is 121 Å². The number of aromatic nitrogens is 1. The molecule has 102 valence electrons. The van der Waals surface area contributed by atoms with Crippen molar-refractivity contribution in [3.63, 3.8) is 0 Å². The lowest BCUT2D eigenvalue weighted by molar-refractivity contribution is -0.134. The Morgan fingerprint density at radius 2 is 2.05 bits per heavy atom. The van der Waals surface area contributed by atoms with E-state index in [1.807, 2.05) is 17.0 Å². The van der Waals surface area contributed by atoms with Gasteiger partial charge in [-0.05, 0) is 40.9 Å². The molecule has 1 aromatic rings. The van der Waals surface area contributed by atoms with Crippen molar-refractivity contribution < 1.29 is 9.53 Å². The SMILES string of the molecule is O=C(C1CC1)N1CCC(Oc2ncccc2Br)CC1. The van der Waals surface area contributed by atoms with Gasteiger partial charge in [0.05, 0.1) is 4.47 Å². The molecule has 1 amide bonds. The summed E-state index contributed by atoms with van der Waals surface area (Å²) in [5.41, 5.74) is 0. The van der Waals surface area contributed by atoms with Crippen molar-refractivity contribution in [1.82, 2.24) is 9.88 Å². The van der Waals surface area contributed by atoms with Crippen LogP contribution < -0.4 is 4.74 Å². The highest BCUT2D eigenvalue weighted by molar-refractivity contribution is 9.10. The molecule has 0 radical (unpaired) electrons. The molecule has 19 heavy (non-hydrogen) atoms. The first kappa shape index (κ1) is 12.9. The number of ether oxygens (including phenoxy) is 1. The van der Waals surface area contributed by atoms with Crippen LogP contribution in [0.5, 0.6) is 5.88 Å². The Kier molecular flexibility index (Phi) is 3.73. The van der Waals surface area contributed by atoms with Crippen molar-refractivity contribution in [2.24, 2.45) is 5.92 Å². The summed E-state index contributed by atoms with van der Waals surface area (Å²) >= 11 is 3.43. The molecule has 1 saturated carbocycles. The Morgan fingerprint density at radius 1 is 1.32 bits per heavy atom. The lowest BCUT2D eigenvalue weighted by Crippen LogP contribution is -2.42. The number of pyridine rings is 1. The van der Waals surface area contributed by atoms with E-state index in [0.29, 0.717) is 17.7 Å². The number of likely N-dealkylation sites (tertiary alicyclic amines) is 1. The summed E-state index contributed by atoms with van der Waals surface area (Å²) in [5, 5.41) is 0. The first-order valence-electron chi connectivity index (χ1n) is 6.80. The molecule has 0 N–H and O–H groups in total. The molecule has 0 unspecified atom stereocenters. The minimum atomic E-state index is 0.162. The van der Waals surface area contributed by atoms with Crippen LogP contribution in [0.1, 0.15) is 25.7 Å². The normalized spacial score (nSPS) is 20.4. The Bertz CT molecular complexity index is 468. The molecule has 1 aliphatic carbocycles. The molecule has 4 nitrogen and oxygen atoms in total. The van der Waals surface area contributed by atoms with E-state index in [9.17, 15) is 4.79 Å². The molecule has 2 fully saturated rings. The highest BCUT2D eigenvalue weighted by Gasteiger charge is 2.35. The molecule has 0 spiro atoms. The number of carbonyl (C=O) groups is 1. The molecular formula is C14H17BrN2O2. The highest BCUT2D eigenvalue weighted by Crippen LogP contribution is 2.32. The second-order valence-corrected chi connectivity index (χ2v) is 6.06. The van der Waals surface area contributed by atoms with Crippen LogP contribution in [0, 0.1) is 5.92 Å². The fourth-order valence-corrected chi connectivity index (χ4v) is 2.75. The molecule has 0 bridgehead atoms. The summed E-state index contributed by atoms with van der Waals surface area (Å²) in [6.45, 7) is 1.62. The van der Waals surface area contributed by atoms with E-state index in [2.05, 4.69) is 20.9 Å². The van der Waals surface area contributed by atoms with Gasteiger partial charge < -0.3 is 9.64 Å². The van der Waals surface area contributed by atoms with Crippen LogP contribution in [0.4, 0.5) is 0 Å². The molecule has 0 atom stereocenters. The van der Waals surface area contributed by atoms with E-state index < -0.39 is 0 Å². The number of amides is 1. The molecular weight excluding hydrogens is 308 g/mol. The lowest BCUT2D eigenvalue weighted by atomic mass is 10.1. The van der Waals surface area contributed by atoms with Crippen LogP contribution in [-0.4, -0.2) is 35.0 Å². The quantitative estimate of drug-likeness (QED) is 0.858. The molecule has 1 aromatic heterocycles. The summed E-state index contributed by atoms with van der Waals surface area (Å²) in [6, 6.07) is 3.79. The topological polar surface area (TPSA) is 42.4 Å². The van der Waals surface area contributed by atoms with E-state index in [0.717, 1.165) is 43.2 Å². The third-order valence-electron chi connectivity index (χ3n) is 3.68. The molecule has 5 heteroatoms. The van der Waals surface area contributed by atoms with Gasteiger partial charge in [-0.25, -0.2) is 4.98 Å². The van der Waals surface area contributed by atoms with Gasteiger partial charge in [0.25, 0.3) is 0 Å². The van der Waals surface area contributed by atoms with E-state index in [4.69, 9.17) is 4.74 Å². The maximum absolute atomic E-state index is 11.9. The maximum Gasteiger partial charge on any atom is 0.228 e. The van der Waals surface area contributed by atoms with Crippen molar-refractivity contribution in [3.8, 4) is 5.88 Å². The maximum atomic E-state index is 11.9. The zero-order valence-electron chi connectivity index (χ0n) is 10.7. The van der Waals surface area contributed by atoms with Crippen molar-refractivity contribution in [3.05, 3.63) is 22.8 Å². The van der Waals surface area contributed by atoms with Crippen LogP contribution in [0.2, 0.25) is 0 Å². The zero-order valence-corrected chi connectivity index (χ0v) is 12.3. The number of rotatable bonds is 3. The Balaban J connectivity index is 1.53. The minimum Gasteiger partial charge on any atom is -0.473 e. The van der Waals surface area contributed by atoms with E-state index in [1.54, 1.807) is 6.20 Å². The minimum absolute atomic E-state index is 0.162. The van der Waals surface area contributed by atoms with Crippen LogP contribution in [0.3, 0.4) is 0 Å². The number of piperidine rings is 1. The number of hydrogen-bond donors (Lipinski definition) is 0. The van der Waals surface area contributed by atoms with Gasteiger partial charge in [-0.2, -0.15) is 0 Å². The van der Waals surface area contributed by atoms with Gasteiger partial charge in [0.2, 0.25) is 11.8 Å². The Morgan fingerprint density at radius 3 is 2.68 bits per heavy atom. The second kappa shape index (κ2) is 5.49. The first-order chi connectivity index (χ1) is 9.24. The molecule has 2 aliphatic rings. The average molecular weight is 325 g/mol. The zero-order chi connectivity index (χ0) is 13.2. The highest BCUT2D eigenvalue weighted by atomic mass is 79.9. The predicted molar refractivity (Wildman–Crippen MR) is 74.9 cm³/mol. The molecule has 1 saturated heterocycles. The Hall–Kier alpha value is -1.10. The lowest BCUT2D eigenvalue weighted by Gasteiger charge is -2.32. The standard InChI is InChI=1S/C14H17BrN2O2/c15-12-2-1-7-16-13(12)19-11-5-8-17(9-6-11)14(18)10-3-4-10/h1-2,7,10-11H,3-6,8-9H2. The van der Waals surface area contributed by atoms with E-state index in [-0.39, 0.29) is 6.10 Å². The molecule has 1 aliphatic heterocycles. The largest absolute Gasteiger partial charge is 0.473 e. The third-order valence-corrected chi connectivity index (χ3v) is 4.29. The van der Waals surface area contributed by atoms with Gasteiger partial charge in [0, 0.05) is 38.0 Å². The summed E-state index contributed by atoms with van der Waals surface area (Å²) < 4.78 is 6.78. The number of nitrogens with zero attached hydrogens (tertiary/aromatic N) is 2. The number of hydrogen-bond acceptors (Lipinski definition) is 3. The van der Waals surface area contributed by atoms with Gasteiger partial charge in [-0.3, -0.25) is 4.79 Å². The van der Waals surface area contributed by atoms with Crippen molar-refractivity contribution >= 4 is 21.8 Å². The van der Waals surface area contributed by atoms with E-state index >= 15 is 0 Å². The van der Waals surface area contributed by atoms with Gasteiger partial charge in [0.1, 0.15) is 6.10 Å². The smallest absolute Gasteiger partial charge is 0.228 e. The molecule has 2 heterocycles. The summed E-state index contributed by atoms with van der Waals surface area (Å²) in [5.74, 6) is 1.31. The fraction of sp³-hybridized carbons (Fsp3) is 0.571. The average Bonchev–Trinajstić information content (AvgIpc) is 3.26. The predicted octanol–water partition coefficient (Wildman–Crippen LogP) is 2.62. The van der Waals surface area contributed by atoms with E-state index in [1.165, 1.54) is 0 Å². The van der Waals surface area contributed by atoms with Crippen molar-refractivity contribution in [2.45, 2.75) is 31.8 Å². The van der Waals surface area contributed by atoms with Gasteiger partial charge in [0.15, 0.2) is 0 Å². The first-order valence-corrected chi connectivity index (χ1v) is 7.59. The van der Waals surface area contributed by atoms with Crippen LogP contribution in [-0.2, 0) is 4.79 Å². The second-order valence-electron chi connectivity index (χ2n) is 5.21. The fourth-order valence-electron chi connectivity index (χ4n) is 2.40. The van der Waals surface area contributed by atoms with Crippen LogP contribution in [0.25, 0.3) is 0 Å². The monoisotopic (exact) mass is 324 g/mol. The number of halogens is 1. The van der Waals surface area contributed by atoms with Crippen LogP contribution in [0.15, 0.2) is 22.8 Å². The summed E-state index contributed by atoms with van der Waals surface area (Å²) in [6.07, 6.45) is 5.83. The summed E-state index contributed by atoms with van der Waals surface area (Å²) in [7, 11) is 0. The van der Waals surface area contributed by atoms with Crippen molar-refractivity contribution in [2.75, 3.05) is 13.1 Å². The molecule has 0 aromatic carbocycles. The number of carbonyl (C=O) groups excluding carboxylic acids is 1. The van der Waals surface area contributed by atoms with Gasteiger partial charge >= 0.3 is 0 Å². The summed E-state index contributed by atoms with van der Waals surface area (Å²) in [4.78, 5) is 18.2. The van der Waals surface area contributed by atoms with Crippen molar-refractivity contribution in [1.29, 1.82) is 0 Å². The molecule has 3 rings (SSSR count). The van der Waals surface area contributed by atoms with Crippen LogP contribution >= 0.6 is 15.9 Å².